The summed E-state index contributed by atoms with van der Waals surface area (Å²) in [6.07, 6.45) is 1.66. The zero-order valence-electron chi connectivity index (χ0n) is 17.6. The summed E-state index contributed by atoms with van der Waals surface area (Å²) < 4.78 is 18.3. The molecule has 3 aromatic carbocycles. The molecule has 3 atom stereocenters. The van der Waals surface area contributed by atoms with E-state index in [4.69, 9.17) is 14.2 Å². The predicted octanol–water partition coefficient (Wildman–Crippen LogP) is 4.67. The molecule has 0 aromatic heterocycles. The third-order valence-electron chi connectivity index (χ3n) is 5.49. The average molecular weight is 417 g/mol. The molecule has 1 aliphatic heterocycles. The quantitative estimate of drug-likeness (QED) is 0.428. The Balaban J connectivity index is 1.75. The molecule has 4 rings (SSSR count). The van der Waals surface area contributed by atoms with E-state index in [2.05, 4.69) is 36.4 Å². The summed E-state index contributed by atoms with van der Waals surface area (Å²) >= 11 is 0. The summed E-state index contributed by atoms with van der Waals surface area (Å²) in [6, 6.07) is 30.5. The van der Waals surface area contributed by atoms with E-state index in [-0.39, 0.29) is 6.61 Å². The lowest BCUT2D eigenvalue weighted by Gasteiger charge is -2.38. The van der Waals surface area contributed by atoms with Crippen molar-refractivity contribution < 1.29 is 19.3 Å². The van der Waals surface area contributed by atoms with Crippen LogP contribution in [0.3, 0.4) is 0 Å². The predicted molar refractivity (Wildman–Crippen MR) is 121 cm³/mol. The van der Waals surface area contributed by atoms with Crippen LogP contribution in [0.2, 0.25) is 0 Å². The molecular formula is C27H28O4. The minimum Gasteiger partial charge on any atom is -0.386 e. The maximum Gasteiger partial charge on any atom is 0.177 e. The SMILES string of the molecule is CCO[C@H]1C=C[C@@H](O)[C@@H](COC(c2ccccc2)(c2ccccc2)c2ccccc2)O1. The first-order valence-electron chi connectivity index (χ1n) is 10.7. The molecule has 0 aliphatic carbocycles. The van der Waals surface area contributed by atoms with Gasteiger partial charge in [-0.3, -0.25) is 0 Å². The van der Waals surface area contributed by atoms with Gasteiger partial charge in [-0.25, -0.2) is 0 Å². The van der Waals surface area contributed by atoms with Crippen molar-refractivity contribution in [1.29, 1.82) is 0 Å². The first kappa shape index (κ1) is 21.5. The fourth-order valence-electron chi connectivity index (χ4n) is 4.00. The van der Waals surface area contributed by atoms with E-state index in [9.17, 15) is 5.11 Å². The second kappa shape index (κ2) is 10.0. The zero-order valence-corrected chi connectivity index (χ0v) is 17.6. The Morgan fingerprint density at radius 2 is 1.26 bits per heavy atom. The lowest BCUT2D eigenvalue weighted by Crippen LogP contribution is -2.43. The number of ether oxygens (including phenoxy) is 3. The first-order valence-corrected chi connectivity index (χ1v) is 10.7. The molecule has 0 amide bonds. The maximum absolute atomic E-state index is 10.5. The summed E-state index contributed by atoms with van der Waals surface area (Å²) in [5.74, 6) is 0. The van der Waals surface area contributed by atoms with E-state index >= 15 is 0 Å². The topological polar surface area (TPSA) is 47.9 Å². The minimum atomic E-state index is -0.852. The minimum absolute atomic E-state index is 0.188. The summed E-state index contributed by atoms with van der Waals surface area (Å²) in [6.45, 7) is 2.63. The second-order valence-electron chi connectivity index (χ2n) is 7.46. The van der Waals surface area contributed by atoms with Gasteiger partial charge < -0.3 is 19.3 Å². The van der Waals surface area contributed by atoms with Gasteiger partial charge >= 0.3 is 0 Å². The highest BCUT2D eigenvalue weighted by atomic mass is 16.7. The largest absolute Gasteiger partial charge is 0.386 e. The van der Waals surface area contributed by atoms with E-state index in [0.717, 1.165) is 16.7 Å². The number of rotatable bonds is 8. The molecule has 3 aromatic rings. The van der Waals surface area contributed by atoms with Gasteiger partial charge in [0.15, 0.2) is 6.29 Å². The molecule has 0 unspecified atom stereocenters. The van der Waals surface area contributed by atoms with Gasteiger partial charge in [-0.05, 0) is 29.7 Å². The standard InChI is InChI=1S/C27H28O4/c1-2-29-26-19-18-24(28)25(31-26)20-30-27(21-12-6-3-7-13-21,22-14-8-4-9-15-22)23-16-10-5-11-17-23/h3-19,24-26,28H,2,20H2,1H3/t24-,25-,26-/m1/s1. The van der Waals surface area contributed by atoms with Crippen LogP contribution in [0.1, 0.15) is 23.6 Å². The molecule has 1 N–H and O–H groups in total. The molecular weight excluding hydrogens is 388 g/mol. The summed E-state index contributed by atoms with van der Waals surface area (Å²) in [7, 11) is 0. The normalized spacial score (nSPS) is 21.2. The van der Waals surface area contributed by atoms with Crippen molar-refractivity contribution in [2.75, 3.05) is 13.2 Å². The molecule has 0 saturated heterocycles. The van der Waals surface area contributed by atoms with Crippen molar-refractivity contribution in [2.45, 2.75) is 31.0 Å². The highest BCUT2D eigenvalue weighted by Gasteiger charge is 2.39. The Morgan fingerprint density at radius 1 is 0.774 bits per heavy atom. The Kier molecular flexibility index (Phi) is 6.95. The number of aliphatic hydroxyl groups is 1. The summed E-state index contributed by atoms with van der Waals surface area (Å²) in [5.41, 5.74) is 2.17. The van der Waals surface area contributed by atoms with Gasteiger partial charge in [0.1, 0.15) is 17.8 Å². The number of aliphatic hydroxyl groups excluding tert-OH is 1. The van der Waals surface area contributed by atoms with Crippen molar-refractivity contribution in [1.82, 2.24) is 0 Å². The molecule has 0 radical (unpaired) electrons. The van der Waals surface area contributed by atoms with Gasteiger partial charge in [-0.2, -0.15) is 0 Å². The fraction of sp³-hybridized carbons (Fsp3) is 0.259. The zero-order chi connectivity index (χ0) is 21.5. The van der Waals surface area contributed by atoms with Gasteiger partial charge in [-0.15, -0.1) is 0 Å². The highest BCUT2D eigenvalue weighted by molar-refractivity contribution is 5.47. The molecule has 4 heteroatoms. The third kappa shape index (κ3) is 4.63. The molecule has 31 heavy (non-hydrogen) atoms. The van der Waals surface area contributed by atoms with Crippen LogP contribution >= 0.6 is 0 Å². The van der Waals surface area contributed by atoms with Gasteiger partial charge in [-0.1, -0.05) is 97.1 Å². The molecule has 160 valence electrons. The van der Waals surface area contributed by atoms with E-state index in [0.29, 0.717) is 6.61 Å². The average Bonchev–Trinajstić information content (AvgIpc) is 2.83. The maximum atomic E-state index is 10.5. The fourth-order valence-corrected chi connectivity index (χ4v) is 4.00. The first-order chi connectivity index (χ1) is 15.2. The highest BCUT2D eigenvalue weighted by Crippen LogP contribution is 2.40. The van der Waals surface area contributed by atoms with E-state index in [1.54, 1.807) is 12.2 Å². The van der Waals surface area contributed by atoms with Crippen LogP contribution in [0.4, 0.5) is 0 Å². The van der Waals surface area contributed by atoms with E-state index < -0.39 is 24.1 Å². The summed E-state index contributed by atoms with van der Waals surface area (Å²) in [5, 5.41) is 10.5. The number of hydrogen-bond donors (Lipinski definition) is 1. The van der Waals surface area contributed by atoms with E-state index in [1.807, 2.05) is 61.5 Å². The van der Waals surface area contributed by atoms with Crippen LogP contribution < -0.4 is 0 Å². The van der Waals surface area contributed by atoms with Crippen molar-refractivity contribution in [3.63, 3.8) is 0 Å². The Bertz CT molecular complexity index is 860. The van der Waals surface area contributed by atoms with Crippen LogP contribution in [0.5, 0.6) is 0 Å². The number of benzene rings is 3. The third-order valence-corrected chi connectivity index (χ3v) is 5.49. The molecule has 1 heterocycles. The van der Waals surface area contributed by atoms with Crippen molar-refractivity contribution in [3.8, 4) is 0 Å². The van der Waals surface area contributed by atoms with Crippen LogP contribution in [0.15, 0.2) is 103 Å². The van der Waals surface area contributed by atoms with Crippen LogP contribution in [-0.2, 0) is 19.8 Å². The van der Waals surface area contributed by atoms with Crippen molar-refractivity contribution >= 4 is 0 Å². The van der Waals surface area contributed by atoms with Gasteiger partial charge in [0.2, 0.25) is 0 Å². The molecule has 1 aliphatic rings. The van der Waals surface area contributed by atoms with Crippen LogP contribution in [-0.4, -0.2) is 36.8 Å². The second-order valence-corrected chi connectivity index (χ2v) is 7.46. The lowest BCUT2D eigenvalue weighted by atomic mass is 9.80. The molecule has 4 nitrogen and oxygen atoms in total. The van der Waals surface area contributed by atoms with Crippen molar-refractivity contribution in [3.05, 3.63) is 120 Å². The number of hydrogen-bond acceptors (Lipinski definition) is 4. The van der Waals surface area contributed by atoms with Crippen molar-refractivity contribution in [2.24, 2.45) is 0 Å². The van der Waals surface area contributed by atoms with E-state index in [1.165, 1.54) is 0 Å². The van der Waals surface area contributed by atoms with Crippen LogP contribution in [0.25, 0.3) is 0 Å². The molecule has 0 saturated carbocycles. The lowest BCUT2D eigenvalue weighted by molar-refractivity contribution is -0.191. The molecule has 0 fully saturated rings. The van der Waals surface area contributed by atoms with Crippen LogP contribution in [0, 0.1) is 0 Å². The Labute approximate surface area is 183 Å². The smallest absolute Gasteiger partial charge is 0.177 e. The monoisotopic (exact) mass is 416 g/mol. The summed E-state index contributed by atoms with van der Waals surface area (Å²) in [4.78, 5) is 0. The Morgan fingerprint density at radius 3 is 1.71 bits per heavy atom. The van der Waals surface area contributed by atoms with Gasteiger partial charge in [0.25, 0.3) is 0 Å². The van der Waals surface area contributed by atoms with Gasteiger partial charge in [0.05, 0.1) is 6.61 Å². The Hall–Kier alpha value is -2.76. The molecule has 0 bridgehead atoms. The van der Waals surface area contributed by atoms with Gasteiger partial charge in [0, 0.05) is 6.61 Å². The molecule has 0 spiro atoms.